The number of rotatable bonds is 3. The largest absolute Gasteiger partial charge is 0.252 e. The van der Waals surface area contributed by atoms with Crippen molar-refractivity contribution in [1.29, 1.82) is 0 Å². The second-order valence-electron chi connectivity index (χ2n) is 5.17. The lowest BCUT2D eigenvalue weighted by Crippen LogP contribution is -2.38. The van der Waals surface area contributed by atoms with Gasteiger partial charge in [-0.05, 0) is 36.5 Å². The zero-order valence-corrected chi connectivity index (χ0v) is 13.8. The normalized spacial score (nSPS) is 20.5. The third kappa shape index (κ3) is 3.16. The lowest BCUT2D eigenvalue weighted by atomic mass is 9.92. The van der Waals surface area contributed by atoms with Gasteiger partial charge in [-0.15, -0.1) is 11.3 Å². The highest BCUT2D eigenvalue weighted by Gasteiger charge is 2.31. The summed E-state index contributed by atoms with van der Waals surface area (Å²) >= 11 is 6.99. The Labute approximate surface area is 134 Å². The zero-order valence-electron chi connectivity index (χ0n) is 11.4. The first-order valence-corrected chi connectivity index (χ1v) is 9.51. The van der Waals surface area contributed by atoms with Crippen LogP contribution in [0.25, 0.3) is 0 Å². The maximum atomic E-state index is 12.7. The monoisotopic (exact) mass is 341 g/mol. The van der Waals surface area contributed by atoms with Gasteiger partial charge in [0.1, 0.15) is 4.21 Å². The van der Waals surface area contributed by atoms with E-state index in [1.807, 2.05) is 18.2 Å². The minimum atomic E-state index is -3.41. The molecule has 1 fully saturated rings. The number of halogens is 1. The predicted octanol–water partition coefficient (Wildman–Crippen LogP) is 3.97. The smallest absolute Gasteiger partial charge is 0.206 e. The quantitative estimate of drug-likeness (QED) is 0.847. The van der Waals surface area contributed by atoms with Gasteiger partial charge in [0.2, 0.25) is 0 Å². The Balaban J connectivity index is 1.83. The predicted molar refractivity (Wildman–Crippen MR) is 86.5 cm³/mol. The zero-order chi connectivity index (χ0) is 14.9. The van der Waals surface area contributed by atoms with Crippen molar-refractivity contribution < 1.29 is 8.42 Å². The van der Waals surface area contributed by atoms with Gasteiger partial charge in [-0.2, -0.15) is 4.31 Å². The molecule has 3 rings (SSSR count). The van der Waals surface area contributed by atoms with E-state index < -0.39 is 10.0 Å². The third-order valence-electron chi connectivity index (χ3n) is 3.80. The minimum Gasteiger partial charge on any atom is -0.206 e. The first-order valence-electron chi connectivity index (χ1n) is 6.88. The summed E-state index contributed by atoms with van der Waals surface area (Å²) < 4.78 is 27.7. The Morgan fingerprint density at radius 1 is 1.14 bits per heavy atom. The van der Waals surface area contributed by atoms with E-state index >= 15 is 0 Å². The van der Waals surface area contributed by atoms with Crippen LogP contribution in [0.5, 0.6) is 0 Å². The van der Waals surface area contributed by atoms with Crippen molar-refractivity contribution in [2.24, 2.45) is 0 Å². The van der Waals surface area contributed by atoms with E-state index in [2.05, 4.69) is 12.1 Å². The van der Waals surface area contributed by atoms with Gasteiger partial charge in [0.05, 0.1) is 4.34 Å². The van der Waals surface area contributed by atoms with Crippen LogP contribution in [0.2, 0.25) is 4.34 Å². The molecule has 0 radical (unpaired) electrons. The third-order valence-corrected chi connectivity index (χ3v) is 7.36. The lowest BCUT2D eigenvalue weighted by molar-refractivity contribution is 0.316. The molecule has 2 heterocycles. The maximum Gasteiger partial charge on any atom is 0.252 e. The Hall–Kier alpha value is -0.880. The molecule has 0 N–H and O–H groups in total. The van der Waals surface area contributed by atoms with Crippen LogP contribution in [-0.2, 0) is 10.0 Å². The van der Waals surface area contributed by atoms with Crippen LogP contribution in [0, 0.1) is 0 Å². The fraction of sp³-hybridized carbons (Fsp3) is 0.333. The molecule has 3 nitrogen and oxygen atoms in total. The van der Waals surface area contributed by atoms with Crippen molar-refractivity contribution in [3.63, 3.8) is 0 Å². The van der Waals surface area contributed by atoms with Crippen LogP contribution in [0.3, 0.4) is 0 Å². The van der Waals surface area contributed by atoms with Crippen molar-refractivity contribution in [2.45, 2.75) is 23.0 Å². The molecule has 0 amide bonds. The second-order valence-corrected chi connectivity index (χ2v) is 9.05. The molecule has 0 saturated carbocycles. The molecule has 1 aliphatic rings. The maximum absolute atomic E-state index is 12.7. The van der Waals surface area contributed by atoms with E-state index in [0.29, 0.717) is 21.6 Å². The van der Waals surface area contributed by atoms with Crippen molar-refractivity contribution in [2.75, 3.05) is 13.1 Å². The fourth-order valence-corrected chi connectivity index (χ4v) is 5.88. The summed E-state index contributed by atoms with van der Waals surface area (Å²) in [7, 11) is -3.41. The molecule has 0 bridgehead atoms. The minimum absolute atomic E-state index is 0.269. The van der Waals surface area contributed by atoms with Gasteiger partial charge in [0.25, 0.3) is 10.0 Å². The molecule has 1 saturated heterocycles. The second kappa shape index (κ2) is 6.08. The molecule has 1 aromatic carbocycles. The average molecular weight is 342 g/mol. The Morgan fingerprint density at radius 2 is 1.90 bits per heavy atom. The molecule has 0 aliphatic carbocycles. The molecule has 0 spiro atoms. The Morgan fingerprint density at radius 3 is 2.57 bits per heavy atom. The van der Waals surface area contributed by atoms with Gasteiger partial charge in [-0.1, -0.05) is 41.9 Å². The molecule has 1 aromatic heterocycles. The summed E-state index contributed by atoms with van der Waals surface area (Å²) in [5.41, 5.74) is 1.21. The molecule has 6 heteroatoms. The molecule has 21 heavy (non-hydrogen) atoms. The van der Waals surface area contributed by atoms with E-state index in [0.717, 1.165) is 24.2 Å². The molecule has 2 aromatic rings. The molecule has 1 aliphatic heterocycles. The van der Waals surface area contributed by atoms with Gasteiger partial charge in [-0.25, -0.2) is 8.42 Å². The van der Waals surface area contributed by atoms with Crippen molar-refractivity contribution in [3.8, 4) is 0 Å². The van der Waals surface area contributed by atoms with E-state index in [4.69, 9.17) is 11.6 Å². The van der Waals surface area contributed by atoms with Crippen LogP contribution < -0.4 is 0 Å². The fourth-order valence-electron chi connectivity index (χ4n) is 2.72. The number of thiophene rings is 1. The number of hydrogen-bond donors (Lipinski definition) is 0. The highest BCUT2D eigenvalue weighted by molar-refractivity contribution is 7.91. The number of hydrogen-bond acceptors (Lipinski definition) is 3. The van der Waals surface area contributed by atoms with Crippen LogP contribution >= 0.6 is 22.9 Å². The summed E-state index contributed by atoms with van der Waals surface area (Å²) in [4.78, 5) is 0. The Bertz CT molecular complexity index is 712. The SMILES string of the molecule is O=S(=O)(c1ccc(Cl)s1)N1CCCC(c2ccccc2)C1. The van der Waals surface area contributed by atoms with Gasteiger partial charge in [-0.3, -0.25) is 0 Å². The molecule has 1 atom stereocenters. The first-order chi connectivity index (χ1) is 10.1. The molecule has 1 unspecified atom stereocenters. The van der Waals surface area contributed by atoms with E-state index in [1.165, 1.54) is 5.56 Å². The van der Waals surface area contributed by atoms with Crippen LogP contribution in [0.4, 0.5) is 0 Å². The van der Waals surface area contributed by atoms with Crippen molar-refractivity contribution in [3.05, 3.63) is 52.4 Å². The van der Waals surface area contributed by atoms with Gasteiger partial charge >= 0.3 is 0 Å². The first kappa shape index (κ1) is 15.0. The summed E-state index contributed by atoms with van der Waals surface area (Å²) in [6, 6.07) is 13.4. The number of piperidine rings is 1. The summed E-state index contributed by atoms with van der Waals surface area (Å²) in [6.07, 6.45) is 1.92. The van der Waals surface area contributed by atoms with Crippen LogP contribution in [-0.4, -0.2) is 25.8 Å². The summed E-state index contributed by atoms with van der Waals surface area (Å²) in [5, 5.41) is 0. The highest BCUT2D eigenvalue weighted by atomic mass is 35.5. The standard InChI is InChI=1S/C15H16ClNO2S2/c16-14-8-9-15(20-14)21(18,19)17-10-4-7-13(11-17)12-5-2-1-3-6-12/h1-3,5-6,8-9,13H,4,7,10-11H2. The number of sulfonamides is 1. The molecular formula is C15H16ClNO2S2. The lowest BCUT2D eigenvalue weighted by Gasteiger charge is -2.31. The topological polar surface area (TPSA) is 37.4 Å². The summed E-state index contributed by atoms with van der Waals surface area (Å²) in [6.45, 7) is 1.13. The van der Waals surface area contributed by atoms with Gasteiger partial charge < -0.3 is 0 Å². The average Bonchev–Trinajstić information content (AvgIpc) is 2.96. The highest BCUT2D eigenvalue weighted by Crippen LogP contribution is 2.33. The molecular weight excluding hydrogens is 326 g/mol. The van der Waals surface area contributed by atoms with E-state index in [-0.39, 0.29) is 5.92 Å². The van der Waals surface area contributed by atoms with Crippen molar-refractivity contribution in [1.82, 2.24) is 4.31 Å². The van der Waals surface area contributed by atoms with Gasteiger partial charge in [0, 0.05) is 13.1 Å². The summed E-state index contributed by atoms with van der Waals surface area (Å²) in [5.74, 6) is 0.269. The number of nitrogens with zero attached hydrogens (tertiary/aromatic N) is 1. The van der Waals surface area contributed by atoms with Crippen LogP contribution in [0.1, 0.15) is 24.3 Å². The molecule has 112 valence electrons. The van der Waals surface area contributed by atoms with Crippen LogP contribution in [0.15, 0.2) is 46.7 Å². The Kier molecular flexibility index (Phi) is 4.36. The van der Waals surface area contributed by atoms with Crippen molar-refractivity contribution >= 4 is 33.0 Å². The number of benzene rings is 1. The van der Waals surface area contributed by atoms with Gasteiger partial charge in [0.15, 0.2) is 0 Å². The van der Waals surface area contributed by atoms with E-state index in [9.17, 15) is 8.42 Å². The van der Waals surface area contributed by atoms with E-state index in [1.54, 1.807) is 16.4 Å².